The number of benzene rings is 3. The number of nitrogens with one attached hydrogen (secondary N) is 1. The summed E-state index contributed by atoms with van der Waals surface area (Å²) < 4.78 is 31.2. The van der Waals surface area contributed by atoms with Crippen LogP contribution in [0.3, 0.4) is 0 Å². The van der Waals surface area contributed by atoms with E-state index < -0.39 is 106 Å². The van der Waals surface area contributed by atoms with Crippen molar-refractivity contribution in [3.63, 3.8) is 0 Å². The molecule has 1 amide bonds. The number of hydrogen-bond donors (Lipinski definition) is 2. The molecule has 3 fully saturated rings. The Hall–Kier alpha value is -5.66. The molecule has 1 heterocycles. The Bertz CT molecular complexity index is 2280. The van der Waals surface area contributed by atoms with Crippen LogP contribution in [0.15, 0.2) is 102 Å². The summed E-state index contributed by atoms with van der Waals surface area (Å²) in [6, 6.07) is 24.9. The lowest BCUT2D eigenvalue weighted by Gasteiger charge is -2.68. The van der Waals surface area contributed by atoms with Gasteiger partial charge in [-0.25, -0.2) is 4.79 Å². The molecule has 0 aromatic heterocycles. The van der Waals surface area contributed by atoms with E-state index in [1.807, 2.05) is 13.0 Å². The van der Waals surface area contributed by atoms with Gasteiger partial charge in [-0.2, -0.15) is 0 Å². The summed E-state index contributed by atoms with van der Waals surface area (Å²) in [6.07, 6.45) is -5.29. The molecule has 2 N–H and O–H groups in total. The van der Waals surface area contributed by atoms with Crippen LogP contribution in [-0.4, -0.2) is 82.9 Å². The summed E-state index contributed by atoms with van der Waals surface area (Å²) in [7, 11) is 0. The fourth-order valence-corrected chi connectivity index (χ4v) is 10.7. The minimum absolute atomic E-state index is 0.164. The van der Waals surface area contributed by atoms with Gasteiger partial charge in [-0.3, -0.25) is 24.0 Å². The van der Waals surface area contributed by atoms with Crippen molar-refractivity contribution >= 4 is 35.6 Å². The molecule has 11 atom stereocenters. The number of ketones is 1. The van der Waals surface area contributed by atoms with E-state index in [1.54, 1.807) is 120 Å². The molecule has 7 rings (SSSR count). The molecule has 0 radical (unpaired) electrons. The fourth-order valence-electron chi connectivity index (χ4n) is 10.7. The maximum absolute atomic E-state index is 15.7. The molecule has 13 heteroatoms. The zero-order valence-electron chi connectivity index (χ0n) is 36.3. The van der Waals surface area contributed by atoms with Crippen LogP contribution in [0.25, 0.3) is 0 Å². The van der Waals surface area contributed by atoms with Gasteiger partial charge in [-0.15, -0.1) is 0 Å². The normalized spacial score (nSPS) is 31.9. The maximum Gasteiger partial charge on any atom is 0.338 e. The third kappa shape index (κ3) is 7.32. The van der Waals surface area contributed by atoms with Crippen LogP contribution in [0.2, 0.25) is 0 Å². The van der Waals surface area contributed by atoms with Gasteiger partial charge in [0.25, 0.3) is 5.91 Å². The molecule has 13 nitrogen and oxygen atoms in total. The van der Waals surface area contributed by atoms with E-state index in [9.17, 15) is 29.1 Å². The predicted octanol–water partition coefficient (Wildman–Crippen LogP) is 6.29. The Morgan fingerprint density at radius 2 is 1.40 bits per heavy atom. The third-order valence-electron chi connectivity index (χ3n) is 14.3. The number of carbonyl (C=O) groups is 6. The van der Waals surface area contributed by atoms with Crippen molar-refractivity contribution in [1.29, 1.82) is 0 Å². The molecule has 1 saturated heterocycles. The van der Waals surface area contributed by atoms with Crippen LogP contribution < -0.4 is 5.32 Å². The van der Waals surface area contributed by atoms with E-state index in [1.165, 1.54) is 13.8 Å². The summed E-state index contributed by atoms with van der Waals surface area (Å²) in [5, 5.41) is 16.8. The summed E-state index contributed by atoms with van der Waals surface area (Å²) in [6.45, 7) is 12.4. The summed E-state index contributed by atoms with van der Waals surface area (Å²) in [5.41, 5.74) is -5.11. The van der Waals surface area contributed by atoms with Gasteiger partial charge in [0.05, 0.1) is 30.0 Å². The van der Waals surface area contributed by atoms with E-state index in [-0.39, 0.29) is 30.6 Å². The van der Waals surface area contributed by atoms with E-state index in [0.29, 0.717) is 16.7 Å². The monoisotopic (exact) mass is 849 g/mol. The number of aliphatic hydroxyl groups is 1. The molecule has 62 heavy (non-hydrogen) atoms. The second-order valence-electron chi connectivity index (χ2n) is 18.1. The van der Waals surface area contributed by atoms with Gasteiger partial charge in [0, 0.05) is 36.7 Å². The molecule has 0 spiro atoms. The Labute approximate surface area is 361 Å². The first kappa shape index (κ1) is 44.4. The highest BCUT2D eigenvalue weighted by Gasteiger charge is 2.77. The number of rotatable bonds is 10. The SMILES string of the molecule is CC(=O)O[C@H]1C(=O)[C@@]2(C)C(C(OC(=O)c3ccccc3)[C@]3(O)C[C@H](OC(=O)[C@H](C)[C@@H](NC(=O)c4ccccc4)c4ccccc4)C(C)=C1C3(C)C)[C@]1(OC(C)=O)CO[C@@H]1C[C@@H]2C. The molecule has 3 aromatic carbocycles. The largest absolute Gasteiger partial charge is 0.457 e. The van der Waals surface area contributed by atoms with Crippen molar-refractivity contribution in [3.8, 4) is 0 Å². The molecule has 1 aliphatic heterocycles. The molecule has 3 aliphatic carbocycles. The van der Waals surface area contributed by atoms with Crippen LogP contribution in [0.4, 0.5) is 0 Å². The maximum atomic E-state index is 15.7. The third-order valence-corrected chi connectivity index (χ3v) is 14.3. The minimum Gasteiger partial charge on any atom is -0.457 e. The van der Waals surface area contributed by atoms with Crippen LogP contribution in [0, 0.1) is 28.6 Å². The number of carbonyl (C=O) groups excluding carboxylic acids is 6. The molecule has 2 saturated carbocycles. The minimum atomic E-state index is -2.20. The van der Waals surface area contributed by atoms with Gasteiger partial charge < -0.3 is 34.1 Å². The Morgan fingerprint density at radius 1 is 0.823 bits per heavy atom. The molecule has 328 valence electrons. The molecular formula is C49H55NO12. The number of esters is 4. The van der Waals surface area contributed by atoms with E-state index in [2.05, 4.69) is 5.32 Å². The highest BCUT2D eigenvalue weighted by atomic mass is 16.6. The van der Waals surface area contributed by atoms with Crippen molar-refractivity contribution < 1.29 is 57.6 Å². The second-order valence-corrected chi connectivity index (χ2v) is 18.1. The quantitative estimate of drug-likeness (QED) is 0.133. The van der Waals surface area contributed by atoms with Gasteiger partial charge in [0.1, 0.15) is 23.9 Å². The van der Waals surface area contributed by atoms with Crippen molar-refractivity contribution in [2.24, 2.45) is 28.6 Å². The van der Waals surface area contributed by atoms with Gasteiger partial charge in [0.15, 0.2) is 17.5 Å². The standard InChI is InChI=1S/C49H55NO12/c1-27-24-36-48(26-58-36,62-31(5)52)40-42(61-45(56)34-22-16-11-17-23-34)49(57)25-35(28(2)37(46(49,6)7)39(59-30(4)51)41(53)47(27,40)8)60-44(55)29(3)38(32-18-12-9-13-19-32)50-43(54)33-20-14-10-15-21-33/h9-23,27,29,35-36,38-40,42,57H,24-26H2,1-8H3,(H,50,54)/t27-,29+,35-,36+,38+,39+,40?,42?,47+,48-,49+/m0/s1. The zero-order chi connectivity index (χ0) is 44.9. The lowest BCUT2D eigenvalue weighted by molar-refractivity contribution is -0.340. The predicted molar refractivity (Wildman–Crippen MR) is 224 cm³/mol. The highest BCUT2D eigenvalue weighted by molar-refractivity contribution is 5.96. The van der Waals surface area contributed by atoms with E-state index in [4.69, 9.17) is 23.7 Å². The molecular weight excluding hydrogens is 795 g/mol. The van der Waals surface area contributed by atoms with Crippen LogP contribution in [0.5, 0.6) is 0 Å². The van der Waals surface area contributed by atoms with Crippen LogP contribution >= 0.6 is 0 Å². The molecule has 4 aliphatic rings. The topological polar surface area (TPSA) is 181 Å². The number of amides is 1. The second kappa shape index (κ2) is 16.6. The first-order chi connectivity index (χ1) is 29.3. The fraction of sp³-hybridized carbons (Fsp3) is 0.469. The smallest absolute Gasteiger partial charge is 0.338 e. The van der Waals surface area contributed by atoms with Gasteiger partial charge in [0.2, 0.25) is 0 Å². The summed E-state index contributed by atoms with van der Waals surface area (Å²) in [4.78, 5) is 84.3. The van der Waals surface area contributed by atoms with E-state index in [0.717, 1.165) is 0 Å². The number of ether oxygens (including phenoxy) is 5. The summed E-state index contributed by atoms with van der Waals surface area (Å²) >= 11 is 0. The zero-order valence-corrected chi connectivity index (χ0v) is 36.3. The van der Waals surface area contributed by atoms with Crippen molar-refractivity contribution in [2.75, 3.05) is 6.61 Å². The first-order valence-electron chi connectivity index (χ1n) is 21.1. The van der Waals surface area contributed by atoms with E-state index >= 15 is 4.79 Å². The Morgan fingerprint density at radius 3 is 1.95 bits per heavy atom. The van der Waals surface area contributed by atoms with Crippen molar-refractivity contribution in [1.82, 2.24) is 5.32 Å². The van der Waals surface area contributed by atoms with Gasteiger partial charge >= 0.3 is 23.9 Å². The average molecular weight is 850 g/mol. The number of hydrogen-bond acceptors (Lipinski definition) is 12. The molecule has 2 bridgehead atoms. The van der Waals surface area contributed by atoms with Crippen molar-refractivity contribution in [2.45, 2.75) is 110 Å². The van der Waals surface area contributed by atoms with Crippen molar-refractivity contribution in [3.05, 3.63) is 119 Å². The average Bonchev–Trinajstić information content (AvgIpc) is 3.24. The molecule has 3 aromatic rings. The van der Waals surface area contributed by atoms with Gasteiger partial charge in [-0.05, 0) is 67.2 Å². The number of Topliss-reactive ketones (excluding diaryl/α,β-unsaturated/α-hetero) is 1. The lowest BCUT2D eigenvalue weighted by Crippen LogP contribution is -2.80. The van der Waals surface area contributed by atoms with Crippen LogP contribution in [-0.2, 0) is 42.9 Å². The van der Waals surface area contributed by atoms with Gasteiger partial charge in [-0.1, -0.05) is 94.4 Å². The number of fused-ring (bicyclic) bond motifs is 5. The Balaban J connectivity index is 1.39. The first-order valence-corrected chi connectivity index (χ1v) is 21.1. The summed E-state index contributed by atoms with van der Waals surface area (Å²) in [5.74, 6) is -6.76. The lowest BCUT2D eigenvalue weighted by atomic mass is 9.43. The van der Waals surface area contributed by atoms with Crippen LogP contribution in [0.1, 0.15) is 101 Å². The molecule has 2 unspecified atom stereocenters. The Kier molecular flexibility index (Phi) is 11.9. The highest BCUT2D eigenvalue weighted by Crippen LogP contribution is 2.65.